The predicted octanol–water partition coefficient (Wildman–Crippen LogP) is 0.344. The second-order valence-corrected chi connectivity index (χ2v) is 11.2. The van der Waals surface area contributed by atoms with Gasteiger partial charge in [0, 0.05) is 35.8 Å². The van der Waals surface area contributed by atoms with E-state index in [0.717, 1.165) is 34.8 Å². The number of fused-ring (bicyclic) bond motifs is 1. The molecule has 5 rings (SSSR count). The van der Waals surface area contributed by atoms with E-state index in [4.69, 9.17) is 19.7 Å². The lowest BCUT2D eigenvalue weighted by Gasteiger charge is -2.49. The number of carbonyl (C=O) groups excluding carboxylic acids is 3. The van der Waals surface area contributed by atoms with Crippen LogP contribution in [0.1, 0.15) is 18.4 Å². The molecule has 230 valence electrons. The number of anilines is 1. The van der Waals surface area contributed by atoms with Crippen LogP contribution in [0.5, 0.6) is 5.75 Å². The fourth-order valence-corrected chi connectivity index (χ4v) is 6.15. The first-order valence-electron chi connectivity index (χ1n) is 12.4. The van der Waals surface area contributed by atoms with Crippen molar-refractivity contribution in [1.29, 1.82) is 0 Å². The number of rotatable bonds is 10. The van der Waals surface area contributed by atoms with Gasteiger partial charge in [-0.1, -0.05) is 5.16 Å². The number of nitrogens with two attached hydrogens (primary N) is 1. The number of aromatic nitrogens is 3. The van der Waals surface area contributed by atoms with Gasteiger partial charge in [-0.3, -0.25) is 24.1 Å². The molecule has 2 atom stereocenters. The normalized spacial score (nSPS) is 18.0. The maximum atomic E-state index is 13.3. The molecule has 0 aromatic carbocycles. The lowest BCUT2D eigenvalue weighted by molar-refractivity contribution is -0.150. The van der Waals surface area contributed by atoms with E-state index in [2.05, 4.69) is 15.5 Å². The molecule has 6 N–H and O–H groups in total. The van der Waals surface area contributed by atoms with Crippen molar-refractivity contribution in [3.8, 4) is 17.1 Å². The fraction of sp³-hybridized carbons (Fsp3) is 0.240. The van der Waals surface area contributed by atoms with E-state index in [1.165, 1.54) is 30.1 Å². The summed E-state index contributed by atoms with van der Waals surface area (Å²) in [6.07, 6.45) is 1.87. The topological polar surface area (TPSA) is 250 Å². The zero-order valence-electron chi connectivity index (χ0n) is 22.5. The number of esters is 1. The molecule has 0 radical (unpaired) electrons. The molecule has 19 heteroatoms. The van der Waals surface area contributed by atoms with Gasteiger partial charge in [0.25, 0.3) is 11.8 Å². The molecule has 2 amide bonds. The van der Waals surface area contributed by atoms with Gasteiger partial charge in [-0.2, -0.15) is 4.73 Å². The number of nitrogens with one attached hydrogen (secondary N) is 1. The van der Waals surface area contributed by atoms with Gasteiger partial charge in [0.15, 0.2) is 16.6 Å². The monoisotopic (exact) mass is 646 g/mol. The molecule has 3 aromatic heterocycles. The van der Waals surface area contributed by atoms with Gasteiger partial charge < -0.3 is 40.5 Å². The first-order chi connectivity index (χ1) is 20.9. The molecule has 5 heterocycles. The van der Waals surface area contributed by atoms with Crippen molar-refractivity contribution >= 4 is 57.6 Å². The molecular formula is C25H22N6O11S2. The molecule has 0 bridgehead atoms. The lowest BCUT2D eigenvalue weighted by atomic mass is 10.0. The predicted molar refractivity (Wildman–Crippen MR) is 151 cm³/mol. The largest absolute Gasteiger partial charge is 0.503 e. The minimum atomic E-state index is -1.37. The Kier molecular flexibility index (Phi) is 8.32. The number of nitrogen functional groups attached to an aromatic ring is 1. The molecule has 2 aliphatic heterocycles. The van der Waals surface area contributed by atoms with Crippen molar-refractivity contribution in [2.75, 3.05) is 18.1 Å². The summed E-state index contributed by atoms with van der Waals surface area (Å²) in [4.78, 5) is 66.4. The van der Waals surface area contributed by atoms with Crippen LogP contribution in [0, 0.1) is 0 Å². The number of carboxylic acids is 1. The fourth-order valence-electron chi connectivity index (χ4n) is 4.26. The highest BCUT2D eigenvalue weighted by molar-refractivity contribution is 8.00. The van der Waals surface area contributed by atoms with Crippen LogP contribution in [-0.4, -0.2) is 82.7 Å². The number of hydrogen-bond donors (Lipinski definition) is 5. The average molecular weight is 647 g/mol. The minimum Gasteiger partial charge on any atom is -0.503 e. The first kappa shape index (κ1) is 30.2. The summed E-state index contributed by atoms with van der Waals surface area (Å²) in [6.45, 7) is 0.637. The number of hydrogen-bond acceptors (Lipinski definition) is 15. The van der Waals surface area contributed by atoms with Gasteiger partial charge in [0.2, 0.25) is 5.43 Å². The van der Waals surface area contributed by atoms with Crippen LogP contribution >= 0.6 is 23.1 Å². The highest BCUT2D eigenvalue weighted by Gasteiger charge is 2.54. The van der Waals surface area contributed by atoms with Gasteiger partial charge in [0.05, 0.1) is 18.2 Å². The van der Waals surface area contributed by atoms with E-state index < -0.39 is 46.3 Å². The van der Waals surface area contributed by atoms with Crippen molar-refractivity contribution in [2.24, 2.45) is 0 Å². The number of aromatic hydroxyl groups is 1. The molecule has 1 saturated heterocycles. The molecule has 17 nitrogen and oxygen atoms in total. The number of carbonyl (C=O) groups is 4. The molecule has 3 aromatic rings. The number of nitrogens with zero attached hydrogens (tertiary/aromatic N) is 4. The summed E-state index contributed by atoms with van der Waals surface area (Å²) >= 11 is 2.26. The van der Waals surface area contributed by atoms with E-state index in [1.54, 1.807) is 0 Å². The number of ether oxygens (including phenoxy) is 2. The molecule has 0 saturated carbocycles. The molecular weight excluding hydrogens is 624 g/mol. The Balaban J connectivity index is 1.30. The first-order valence-corrected chi connectivity index (χ1v) is 14.4. The molecule has 0 spiro atoms. The van der Waals surface area contributed by atoms with Gasteiger partial charge in [0.1, 0.15) is 47.3 Å². The second kappa shape index (κ2) is 12.1. The van der Waals surface area contributed by atoms with Gasteiger partial charge >= 0.3 is 11.9 Å². The van der Waals surface area contributed by atoms with E-state index in [9.17, 15) is 39.4 Å². The summed E-state index contributed by atoms with van der Waals surface area (Å²) in [7, 11) is 0. The zero-order chi connectivity index (χ0) is 31.7. The Morgan fingerprint density at radius 1 is 1.27 bits per heavy atom. The van der Waals surface area contributed by atoms with Crippen LogP contribution in [0.15, 0.2) is 50.6 Å². The van der Waals surface area contributed by atoms with Crippen molar-refractivity contribution in [3.05, 3.63) is 62.9 Å². The van der Waals surface area contributed by atoms with Crippen LogP contribution < -0.4 is 16.5 Å². The Morgan fingerprint density at radius 3 is 2.73 bits per heavy atom. The molecule has 44 heavy (non-hydrogen) atoms. The zero-order valence-corrected chi connectivity index (χ0v) is 24.1. The summed E-state index contributed by atoms with van der Waals surface area (Å²) in [5.74, 6) is -3.77. The summed E-state index contributed by atoms with van der Waals surface area (Å²) < 4.78 is 16.1. The average Bonchev–Trinajstić information content (AvgIpc) is 3.62. The van der Waals surface area contributed by atoms with Crippen LogP contribution in [0.25, 0.3) is 17.0 Å². The number of aliphatic carboxylic acids is 1. The van der Waals surface area contributed by atoms with Crippen molar-refractivity contribution < 1.29 is 48.6 Å². The number of thiazole rings is 1. The maximum Gasteiger partial charge on any atom is 0.352 e. The summed E-state index contributed by atoms with van der Waals surface area (Å²) in [5.41, 5.74) is 4.99. The Labute approximate surface area is 254 Å². The van der Waals surface area contributed by atoms with Crippen molar-refractivity contribution in [2.45, 2.75) is 24.9 Å². The van der Waals surface area contributed by atoms with E-state index >= 15 is 0 Å². The second-order valence-electron chi connectivity index (χ2n) is 9.24. The third-order valence-electron chi connectivity index (χ3n) is 6.29. The van der Waals surface area contributed by atoms with Crippen molar-refractivity contribution in [3.63, 3.8) is 0 Å². The van der Waals surface area contributed by atoms with Crippen molar-refractivity contribution in [1.82, 2.24) is 25.1 Å². The number of thioether (sulfide) groups is 1. The standard InChI is InChI=1S/C25H22N6O11S2/c1-10(32)41-5-11-8-43-23-19(22(36)31(23)20(11)24(37)38)28-21(35)13(15-9-44-25(26)27-15)7-40-6-12-2-14(29-42-12)16-3-17(33)18(34)4-30(16)39/h2-4,7,9,19,23,34,39H,5-6,8H2,1H3,(H2,26,27)(H,28,35)(H,37,38)/b13-7-/t19-,23-/m1/s1. The smallest absolute Gasteiger partial charge is 0.352 e. The van der Waals surface area contributed by atoms with Crippen LogP contribution in [0.4, 0.5) is 5.13 Å². The molecule has 2 aliphatic rings. The summed E-state index contributed by atoms with van der Waals surface area (Å²) in [6, 6.07) is 1.24. The van der Waals surface area contributed by atoms with Gasteiger partial charge in [-0.05, 0) is 0 Å². The minimum absolute atomic E-state index is 0.0567. The molecule has 1 fully saturated rings. The molecule has 0 unspecified atom stereocenters. The molecule has 0 aliphatic carbocycles. The summed E-state index contributed by atoms with van der Waals surface area (Å²) in [5, 5.41) is 36.4. The highest BCUT2D eigenvalue weighted by Crippen LogP contribution is 2.40. The third-order valence-corrected chi connectivity index (χ3v) is 8.30. The van der Waals surface area contributed by atoms with Gasteiger partial charge in [-0.25, -0.2) is 9.78 Å². The number of β-lactam (4-membered cyclic amide) rings is 1. The number of pyridine rings is 1. The van der Waals surface area contributed by atoms with Crippen LogP contribution in [0.2, 0.25) is 0 Å². The quantitative estimate of drug-likeness (QED) is 0.0655. The van der Waals surface area contributed by atoms with E-state index in [-0.39, 0.29) is 63.8 Å². The third kappa shape index (κ3) is 5.95. The van der Waals surface area contributed by atoms with Crippen LogP contribution in [-0.2, 0) is 35.3 Å². The maximum absolute atomic E-state index is 13.3. The SMILES string of the molecule is CC(=O)OCC1=C(C(=O)O)N2C(=O)[C@@H](NC(=O)/C(=C\OCc3cc(-c4cc(=O)c(O)cn4O)no3)c3csc(N)n3)[C@H]2SC1. The lowest BCUT2D eigenvalue weighted by Crippen LogP contribution is -2.70. The Bertz CT molecular complexity index is 1790. The van der Waals surface area contributed by atoms with Crippen LogP contribution in [0.3, 0.4) is 0 Å². The Hall–Kier alpha value is -5.30. The highest BCUT2D eigenvalue weighted by atomic mass is 32.2. The number of amides is 2. The van der Waals surface area contributed by atoms with E-state index in [1.807, 2.05) is 0 Å². The van der Waals surface area contributed by atoms with Gasteiger partial charge in [-0.15, -0.1) is 23.1 Å². The number of carboxylic acid groups (broad SMARTS) is 1. The van der Waals surface area contributed by atoms with E-state index in [0.29, 0.717) is 4.73 Å². The Morgan fingerprint density at radius 2 is 2.05 bits per heavy atom.